The smallest absolute Gasteiger partial charge is 0.399 e. The van der Waals surface area contributed by atoms with Gasteiger partial charge in [0.15, 0.2) is 0 Å². The van der Waals surface area contributed by atoms with Crippen LogP contribution in [0.2, 0.25) is 0 Å². The Labute approximate surface area is 93.0 Å². The first kappa shape index (κ1) is 11.2. The van der Waals surface area contributed by atoms with Crippen molar-refractivity contribution >= 4 is 24.6 Å². The number of carbonyl (C=O) groups excluding carboxylic acids is 1. The third-order valence-electron chi connectivity index (χ3n) is 1.99. The predicted molar refractivity (Wildman–Crippen MR) is 49.0 cm³/mol. The monoisotopic (exact) mass is 253 g/mol. The fourth-order valence-electron chi connectivity index (χ4n) is 1.31. The summed E-state index contributed by atoms with van der Waals surface area (Å²) in [6.45, 7) is 0.168. The lowest BCUT2D eigenvalue weighted by molar-refractivity contribution is -0.157. The Kier molecular flexibility index (Phi) is 2.56. The molecule has 88 valence electrons. The molecule has 1 aromatic rings. The van der Waals surface area contributed by atoms with E-state index < -0.39 is 18.1 Å². The van der Waals surface area contributed by atoms with Gasteiger partial charge in [-0.3, -0.25) is 9.69 Å². The number of aromatic nitrogens is 2. The van der Waals surface area contributed by atoms with E-state index in [1.54, 1.807) is 0 Å². The van der Waals surface area contributed by atoms with Crippen LogP contribution in [0, 0.1) is 0 Å². The standard InChI is InChI=1S/C7H6F3N3O2S/c8-7(9,10)5-11-12-6(15-5)13-2-3(16)1-4(13)14/h3,16H,1-2H2. The summed E-state index contributed by atoms with van der Waals surface area (Å²) in [5, 5.41) is 5.79. The number of rotatable bonds is 1. The number of alkyl halides is 3. The second kappa shape index (κ2) is 3.65. The number of halogens is 3. The van der Waals surface area contributed by atoms with Crippen LogP contribution in [0.4, 0.5) is 19.2 Å². The van der Waals surface area contributed by atoms with Gasteiger partial charge in [0.05, 0.1) is 0 Å². The lowest BCUT2D eigenvalue weighted by Gasteiger charge is -2.08. The number of thiol groups is 1. The second-order valence-electron chi connectivity index (χ2n) is 3.25. The van der Waals surface area contributed by atoms with Crippen LogP contribution < -0.4 is 4.90 Å². The molecule has 1 fully saturated rings. The minimum Gasteiger partial charge on any atom is -0.399 e. The molecule has 0 N–H and O–H groups in total. The van der Waals surface area contributed by atoms with Gasteiger partial charge in [0.25, 0.3) is 0 Å². The van der Waals surface area contributed by atoms with Crippen molar-refractivity contribution in [3.05, 3.63) is 5.89 Å². The molecule has 9 heteroatoms. The van der Waals surface area contributed by atoms with Crippen molar-refractivity contribution in [2.45, 2.75) is 17.8 Å². The molecule has 1 amide bonds. The highest BCUT2D eigenvalue weighted by Gasteiger charge is 2.40. The largest absolute Gasteiger partial charge is 0.470 e. The molecule has 5 nitrogen and oxygen atoms in total. The Hall–Kier alpha value is -1.25. The molecule has 1 atom stereocenters. The Morgan fingerprint density at radius 1 is 1.44 bits per heavy atom. The third-order valence-corrected chi connectivity index (χ3v) is 2.34. The van der Waals surface area contributed by atoms with Crippen LogP contribution in [0.3, 0.4) is 0 Å². The second-order valence-corrected chi connectivity index (χ2v) is 3.98. The molecule has 0 radical (unpaired) electrons. The van der Waals surface area contributed by atoms with E-state index >= 15 is 0 Å². The molecule has 1 aromatic heterocycles. The number of anilines is 1. The van der Waals surface area contributed by atoms with Crippen molar-refractivity contribution in [3.8, 4) is 0 Å². The average Bonchev–Trinajstić information content (AvgIpc) is 2.70. The molecular weight excluding hydrogens is 247 g/mol. The predicted octanol–water partition coefficient (Wildman–Crippen LogP) is 1.12. The van der Waals surface area contributed by atoms with E-state index in [0.29, 0.717) is 0 Å². The van der Waals surface area contributed by atoms with Gasteiger partial charge in [-0.15, -0.1) is 5.10 Å². The summed E-state index contributed by atoms with van der Waals surface area (Å²) in [7, 11) is 0. The molecule has 1 saturated heterocycles. The van der Waals surface area contributed by atoms with E-state index in [0.717, 1.165) is 4.90 Å². The molecule has 0 aliphatic carbocycles. The minimum absolute atomic E-state index is 0.146. The zero-order valence-electron chi connectivity index (χ0n) is 7.73. The van der Waals surface area contributed by atoms with Gasteiger partial charge >= 0.3 is 18.1 Å². The van der Waals surface area contributed by atoms with Crippen molar-refractivity contribution < 1.29 is 22.4 Å². The maximum Gasteiger partial charge on any atom is 0.470 e. The SMILES string of the molecule is O=C1CC(S)CN1c1nnc(C(F)(F)F)o1. The van der Waals surface area contributed by atoms with E-state index in [2.05, 4.69) is 27.2 Å². The van der Waals surface area contributed by atoms with Crippen LogP contribution in [-0.2, 0) is 11.0 Å². The zero-order chi connectivity index (χ0) is 11.9. The van der Waals surface area contributed by atoms with Crippen molar-refractivity contribution in [3.63, 3.8) is 0 Å². The lowest BCUT2D eigenvalue weighted by Crippen LogP contribution is -2.24. The van der Waals surface area contributed by atoms with Crippen molar-refractivity contribution in [1.82, 2.24) is 10.2 Å². The molecule has 1 unspecified atom stereocenters. The highest BCUT2D eigenvalue weighted by molar-refractivity contribution is 7.81. The number of nitrogens with zero attached hydrogens (tertiary/aromatic N) is 3. The molecular formula is C7H6F3N3O2S. The third kappa shape index (κ3) is 1.99. The van der Waals surface area contributed by atoms with Crippen LogP contribution in [0.5, 0.6) is 0 Å². The summed E-state index contributed by atoms with van der Waals surface area (Å²) in [6, 6.07) is -0.436. The fourth-order valence-corrected chi connectivity index (χ4v) is 1.63. The Balaban J connectivity index is 2.23. The lowest BCUT2D eigenvalue weighted by atomic mass is 10.4. The summed E-state index contributed by atoms with van der Waals surface area (Å²) < 4.78 is 40.8. The molecule has 0 spiro atoms. The van der Waals surface area contributed by atoms with E-state index in [1.165, 1.54) is 0 Å². The van der Waals surface area contributed by atoms with E-state index in [9.17, 15) is 18.0 Å². The Morgan fingerprint density at radius 2 is 2.12 bits per heavy atom. The molecule has 1 aliphatic rings. The van der Waals surface area contributed by atoms with Crippen molar-refractivity contribution in [1.29, 1.82) is 0 Å². The number of carbonyl (C=O) groups is 1. The van der Waals surface area contributed by atoms with Gasteiger partial charge in [0.1, 0.15) is 0 Å². The maximum atomic E-state index is 12.1. The van der Waals surface area contributed by atoms with Crippen LogP contribution in [0.1, 0.15) is 12.3 Å². The highest BCUT2D eigenvalue weighted by atomic mass is 32.1. The molecule has 0 saturated carbocycles. The number of hydrogen-bond donors (Lipinski definition) is 1. The van der Waals surface area contributed by atoms with Gasteiger partial charge in [-0.2, -0.15) is 25.8 Å². The quantitative estimate of drug-likeness (QED) is 0.762. The van der Waals surface area contributed by atoms with Gasteiger partial charge in [-0.25, -0.2) is 0 Å². The van der Waals surface area contributed by atoms with Gasteiger partial charge < -0.3 is 4.42 Å². The molecule has 1 aliphatic heterocycles. The number of amides is 1. The summed E-state index contributed by atoms with van der Waals surface area (Å²) in [6.07, 6.45) is -4.55. The fraction of sp³-hybridized carbons (Fsp3) is 0.571. The molecule has 16 heavy (non-hydrogen) atoms. The van der Waals surface area contributed by atoms with Gasteiger partial charge in [0, 0.05) is 18.2 Å². The first-order chi connectivity index (χ1) is 7.38. The molecule has 2 heterocycles. The van der Waals surface area contributed by atoms with Crippen molar-refractivity contribution in [2.24, 2.45) is 0 Å². The van der Waals surface area contributed by atoms with Gasteiger partial charge in [-0.1, -0.05) is 5.10 Å². The number of hydrogen-bond acceptors (Lipinski definition) is 5. The van der Waals surface area contributed by atoms with Gasteiger partial charge in [0.2, 0.25) is 5.91 Å². The summed E-state index contributed by atoms with van der Waals surface area (Å²) in [5.74, 6) is -1.84. The Morgan fingerprint density at radius 3 is 2.56 bits per heavy atom. The summed E-state index contributed by atoms with van der Waals surface area (Å²) >= 11 is 4.05. The Bertz CT molecular complexity index is 419. The minimum atomic E-state index is -4.70. The van der Waals surface area contributed by atoms with E-state index in [1.807, 2.05) is 0 Å². The van der Waals surface area contributed by atoms with Crippen LogP contribution >= 0.6 is 12.6 Å². The first-order valence-corrected chi connectivity index (χ1v) is 4.78. The molecule has 0 aromatic carbocycles. The first-order valence-electron chi connectivity index (χ1n) is 4.27. The average molecular weight is 253 g/mol. The van der Waals surface area contributed by atoms with Crippen molar-refractivity contribution in [2.75, 3.05) is 11.4 Å². The van der Waals surface area contributed by atoms with Gasteiger partial charge in [-0.05, 0) is 0 Å². The van der Waals surface area contributed by atoms with Crippen LogP contribution in [-0.4, -0.2) is 27.9 Å². The van der Waals surface area contributed by atoms with Crippen LogP contribution in [0.15, 0.2) is 4.42 Å². The summed E-state index contributed by atoms with van der Waals surface area (Å²) in [5.41, 5.74) is 0. The highest BCUT2D eigenvalue weighted by Crippen LogP contribution is 2.31. The topological polar surface area (TPSA) is 59.2 Å². The maximum absolute atomic E-state index is 12.1. The molecule has 0 bridgehead atoms. The van der Waals surface area contributed by atoms with E-state index in [-0.39, 0.29) is 24.1 Å². The summed E-state index contributed by atoms with van der Waals surface area (Å²) in [4.78, 5) is 12.3. The van der Waals surface area contributed by atoms with Crippen LogP contribution in [0.25, 0.3) is 0 Å². The molecule has 2 rings (SSSR count). The van der Waals surface area contributed by atoms with E-state index in [4.69, 9.17) is 0 Å². The normalized spacial score (nSPS) is 21.9. The zero-order valence-corrected chi connectivity index (χ0v) is 8.63.